The Labute approximate surface area is 117 Å². The summed E-state index contributed by atoms with van der Waals surface area (Å²) in [6.45, 7) is 0.263. The van der Waals surface area contributed by atoms with E-state index < -0.39 is 11.7 Å². The molecular formula is C14H18ClNO3. The third-order valence-electron chi connectivity index (χ3n) is 3.53. The first-order valence-electron chi connectivity index (χ1n) is 6.41. The number of rotatable bonds is 5. The zero-order valence-electron chi connectivity index (χ0n) is 10.6. The second kappa shape index (κ2) is 5.90. The van der Waals surface area contributed by atoms with Gasteiger partial charge in [-0.05, 0) is 37.0 Å². The number of carbonyl (C=O) groups excluding carboxylic acids is 1. The van der Waals surface area contributed by atoms with Gasteiger partial charge in [0.1, 0.15) is 0 Å². The highest BCUT2D eigenvalue weighted by Gasteiger charge is 2.34. The molecule has 1 aliphatic carbocycles. The summed E-state index contributed by atoms with van der Waals surface area (Å²) in [7, 11) is 0. The minimum atomic E-state index is -0.853. The highest BCUT2D eigenvalue weighted by Crippen LogP contribution is 2.30. The van der Waals surface area contributed by atoms with Crippen molar-refractivity contribution in [2.75, 3.05) is 6.54 Å². The van der Waals surface area contributed by atoms with Gasteiger partial charge in [-0.25, -0.2) is 0 Å². The van der Waals surface area contributed by atoms with E-state index in [2.05, 4.69) is 5.32 Å². The van der Waals surface area contributed by atoms with Crippen LogP contribution in [0.5, 0.6) is 0 Å². The molecule has 1 fully saturated rings. The minimum absolute atomic E-state index is 0.0162. The molecule has 1 saturated carbocycles. The van der Waals surface area contributed by atoms with Gasteiger partial charge in [-0.3, -0.25) is 4.79 Å². The SMILES string of the molecule is O=C(CC(O)c1ccc(Cl)cc1)NCC1(O)CCC1. The number of nitrogens with one attached hydrogen (secondary N) is 1. The zero-order valence-corrected chi connectivity index (χ0v) is 11.4. The Morgan fingerprint density at radius 1 is 1.37 bits per heavy atom. The van der Waals surface area contributed by atoms with Crippen LogP contribution >= 0.6 is 11.6 Å². The molecule has 1 aromatic carbocycles. The van der Waals surface area contributed by atoms with E-state index in [1.807, 2.05) is 0 Å². The first-order chi connectivity index (χ1) is 8.98. The molecule has 4 nitrogen and oxygen atoms in total. The second-order valence-electron chi connectivity index (χ2n) is 5.13. The number of hydrogen-bond donors (Lipinski definition) is 3. The minimum Gasteiger partial charge on any atom is -0.388 e. The number of hydrogen-bond acceptors (Lipinski definition) is 3. The van der Waals surface area contributed by atoms with Crippen molar-refractivity contribution in [3.05, 3.63) is 34.9 Å². The van der Waals surface area contributed by atoms with Crippen molar-refractivity contribution in [3.8, 4) is 0 Å². The van der Waals surface area contributed by atoms with Gasteiger partial charge in [0.2, 0.25) is 5.91 Å². The van der Waals surface area contributed by atoms with Crippen molar-refractivity contribution in [1.82, 2.24) is 5.32 Å². The molecule has 104 valence electrons. The summed E-state index contributed by atoms with van der Waals surface area (Å²) < 4.78 is 0. The van der Waals surface area contributed by atoms with E-state index in [9.17, 15) is 15.0 Å². The van der Waals surface area contributed by atoms with Gasteiger partial charge in [-0.15, -0.1) is 0 Å². The molecule has 0 aliphatic heterocycles. The van der Waals surface area contributed by atoms with Gasteiger partial charge in [0.05, 0.1) is 18.1 Å². The Morgan fingerprint density at radius 2 is 2.00 bits per heavy atom. The van der Waals surface area contributed by atoms with Gasteiger partial charge in [0.25, 0.3) is 0 Å². The number of halogens is 1. The van der Waals surface area contributed by atoms with E-state index in [1.165, 1.54) is 0 Å². The molecule has 2 rings (SSSR count). The van der Waals surface area contributed by atoms with Crippen molar-refractivity contribution in [2.45, 2.75) is 37.4 Å². The lowest BCUT2D eigenvalue weighted by molar-refractivity contribution is -0.125. The van der Waals surface area contributed by atoms with Crippen LogP contribution in [0.1, 0.15) is 37.4 Å². The molecule has 1 unspecified atom stereocenters. The molecule has 1 amide bonds. The van der Waals surface area contributed by atoms with Gasteiger partial charge in [-0.2, -0.15) is 0 Å². The van der Waals surface area contributed by atoms with Crippen molar-refractivity contribution in [3.63, 3.8) is 0 Å². The van der Waals surface area contributed by atoms with E-state index in [4.69, 9.17) is 11.6 Å². The van der Waals surface area contributed by atoms with E-state index in [0.717, 1.165) is 19.3 Å². The van der Waals surface area contributed by atoms with Gasteiger partial charge >= 0.3 is 0 Å². The molecule has 1 atom stereocenters. The normalized spacial score (nSPS) is 18.5. The molecule has 3 N–H and O–H groups in total. The van der Waals surface area contributed by atoms with Gasteiger partial charge in [-0.1, -0.05) is 23.7 Å². The Bertz CT molecular complexity index is 443. The number of carbonyl (C=O) groups is 1. The zero-order chi connectivity index (χ0) is 13.9. The topological polar surface area (TPSA) is 69.6 Å². The fraction of sp³-hybridized carbons (Fsp3) is 0.500. The van der Waals surface area contributed by atoms with E-state index in [-0.39, 0.29) is 18.9 Å². The summed E-state index contributed by atoms with van der Waals surface area (Å²) in [5, 5.41) is 23.0. The van der Waals surface area contributed by atoms with Gasteiger partial charge < -0.3 is 15.5 Å². The summed E-state index contributed by atoms with van der Waals surface area (Å²) in [6.07, 6.45) is 1.59. The van der Waals surface area contributed by atoms with Crippen LogP contribution in [0.15, 0.2) is 24.3 Å². The lowest BCUT2D eigenvalue weighted by Gasteiger charge is -2.36. The number of benzene rings is 1. The van der Waals surface area contributed by atoms with Crippen LogP contribution in [0.2, 0.25) is 5.02 Å². The van der Waals surface area contributed by atoms with E-state index >= 15 is 0 Å². The average molecular weight is 284 g/mol. The van der Waals surface area contributed by atoms with Crippen LogP contribution in [0, 0.1) is 0 Å². The summed E-state index contributed by atoms with van der Waals surface area (Å²) >= 11 is 5.76. The van der Waals surface area contributed by atoms with Crippen molar-refractivity contribution < 1.29 is 15.0 Å². The first-order valence-corrected chi connectivity index (χ1v) is 6.79. The molecule has 1 aliphatic rings. The van der Waals surface area contributed by atoms with Crippen LogP contribution in [-0.4, -0.2) is 28.3 Å². The van der Waals surface area contributed by atoms with Crippen LogP contribution in [-0.2, 0) is 4.79 Å². The molecule has 0 saturated heterocycles. The lowest BCUT2D eigenvalue weighted by Crippen LogP contribution is -2.47. The van der Waals surface area contributed by atoms with Gasteiger partial charge in [0, 0.05) is 11.6 Å². The third kappa shape index (κ3) is 3.93. The Hall–Kier alpha value is -1.10. The maximum absolute atomic E-state index is 11.7. The second-order valence-corrected chi connectivity index (χ2v) is 5.56. The van der Waals surface area contributed by atoms with Crippen molar-refractivity contribution >= 4 is 17.5 Å². The highest BCUT2D eigenvalue weighted by atomic mass is 35.5. The summed E-state index contributed by atoms with van der Waals surface area (Å²) in [5.41, 5.74) is -0.0807. The first kappa shape index (κ1) is 14.3. The molecule has 0 aromatic heterocycles. The Balaban J connectivity index is 1.79. The summed E-state index contributed by atoms with van der Waals surface area (Å²) in [4.78, 5) is 11.7. The monoisotopic (exact) mass is 283 g/mol. The number of amides is 1. The Kier molecular flexibility index (Phi) is 4.45. The molecule has 1 aromatic rings. The molecule has 5 heteroatoms. The van der Waals surface area contributed by atoms with E-state index in [0.29, 0.717) is 10.6 Å². The number of aliphatic hydroxyl groups is 2. The third-order valence-corrected chi connectivity index (χ3v) is 3.78. The van der Waals surface area contributed by atoms with Crippen LogP contribution in [0.3, 0.4) is 0 Å². The number of aliphatic hydroxyl groups excluding tert-OH is 1. The molecule has 19 heavy (non-hydrogen) atoms. The fourth-order valence-electron chi connectivity index (χ4n) is 2.08. The lowest BCUT2D eigenvalue weighted by atomic mass is 9.80. The van der Waals surface area contributed by atoms with Crippen molar-refractivity contribution in [2.24, 2.45) is 0 Å². The summed E-state index contributed by atoms with van der Waals surface area (Å²) in [5.74, 6) is -0.261. The van der Waals surface area contributed by atoms with Crippen LogP contribution < -0.4 is 5.32 Å². The summed E-state index contributed by atoms with van der Waals surface area (Å²) in [6, 6.07) is 6.74. The Morgan fingerprint density at radius 3 is 2.53 bits per heavy atom. The molecule has 0 radical (unpaired) electrons. The molecule has 0 heterocycles. The highest BCUT2D eigenvalue weighted by molar-refractivity contribution is 6.30. The molecule has 0 spiro atoms. The molecular weight excluding hydrogens is 266 g/mol. The van der Waals surface area contributed by atoms with Crippen LogP contribution in [0.25, 0.3) is 0 Å². The van der Waals surface area contributed by atoms with Gasteiger partial charge in [0.15, 0.2) is 0 Å². The van der Waals surface area contributed by atoms with E-state index in [1.54, 1.807) is 24.3 Å². The average Bonchev–Trinajstić information content (AvgIpc) is 2.35. The maximum atomic E-state index is 11.7. The fourth-order valence-corrected chi connectivity index (χ4v) is 2.20. The van der Waals surface area contributed by atoms with Crippen molar-refractivity contribution in [1.29, 1.82) is 0 Å². The maximum Gasteiger partial charge on any atom is 0.223 e. The molecule has 0 bridgehead atoms. The standard InChI is InChI=1S/C14H18ClNO3/c15-11-4-2-10(3-5-11)12(17)8-13(18)16-9-14(19)6-1-7-14/h2-5,12,17,19H,1,6-9H2,(H,16,18). The predicted molar refractivity (Wildman–Crippen MR) is 72.8 cm³/mol. The van der Waals surface area contributed by atoms with Crippen LogP contribution in [0.4, 0.5) is 0 Å². The predicted octanol–water partition coefficient (Wildman–Crippen LogP) is 1.79. The largest absolute Gasteiger partial charge is 0.388 e. The quantitative estimate of drug-likeness (QED) is 0.772. The smallest absolute Gasteiger partial charge is 0.223 e.